The monoisotopic (exact) mass is 473 g/mol. The maximum Gasteiger partial charge on any atom is 0.411 e. The van der Waals surface area contributed by atoms with Gasteiger partial charge >= 0.3 is 12.1 Å². The lowest BCUT2D eigenvalue weighted by Gasteiger charge is -2.15. The number of carboxylic acids is 1. The smallest absolute Gasteiger partial charge is 0.411 e. The molecule has 8 heteroatoms. The number of carbonyl (C=O) groups is 1. The minimum absolute atomic E-state index is 0.101. The van der Waals surface area contributed by atoms with Gasteiger partial charge in [0.15, 0.2) is 0 Å². The van der Waals surface area contributed by atoms with Crippen LogP contribution in [0.2, 0.25) is 0 Å². The Hall–Kier alpha value is -3.36. The van der Waals surface area contributed by atoms with E-state index in [1.165, 1.54) is 0 Å². The number of hydrogen-bond donors (Lipinski definition) is 2. The Kier molecular flexibility index (Phi) is 8.31. The van der Waals surface area contributed by atoms with Gasteiger partial charge in [-0.05, 0) is 59.0 Å². The Morgan fingerprint density at radius 1 is 0.971 bits per heavy atom. The molecule has 34 heavy (non-hydrogen) atoms. The maximum atomic E-state index is 12.5. The van der Waals surface area contributed by atoms with Crippen LogP contribution in [-0.2, 0) is 29.2 Å². The third-order valence-electron chi connectivity index (χ3n) is 5.04. The van der Waals surface area contributed by atoms with Crippen molar-refractivity contribution >= 4 is 5.97 Å². The minimum atomic E-state index is -4.41. The van der Waals surface area contributed by atoms with Gasteiger partial charge in [0.05, 0.1) is 13.0 Å². The number of carboxylic acid groups (broad SMARTS) is 1. The highest BCUT2D eigenvalue weighted by Gasteiger charge is 2.27. The van der Waals surface area contributed by atoms with Gasteiger partial charge in [-0.1, -0.05) is 42.5 Å². The SMILES string of the molecule is C[C@@H](N)c1cccc(-c2cc(COCC(F)(F)F)cc(COc3ccccc3CC(=O)O)c2)c1. The van der Waals surface area contributed by atoms with Crippen molar-refractivity contribution in [2.75, 3.05) is 6.61 Å². The highest BCUT2D eigenvalue weighted by Crippen LogP contribution is 2.27. The van der Waals surface area contributed by atoms with Crippen LogP contribution in [0.1, 0.15) is 35.2 Å². The van der Waals surface area contributed by atoms with E-state index in [4.69, 9.17) is 20.3 Å². The summed E-state index contributed by atoms with van der Waals surface area (Å²) in [5, 5.41) is 9.12. The Morgan fingerprint density at radius 2 is 1.68 bits per heavy atom. The zero-order chi connectivity index (χ0) is 24.7. The zero-order valence-corrected chi connectivity index (χ0v) is 18.6. The number of para-hydroxylation sites is 1. The molecule has 0 aliphatic rings. The summed E-state index contributed by atoms with van der Waals surface area (Å²) in [5.74, 6) is -0.541. The van der Waals surface area contributed by atoms with E-state index in [1.807, 2.05) is 37.3 Å². The number of nitrogens with two attached hydrogens (primary N) is 1. The molecule has 0 amide bonds. The Bertz CT molecular complexity index is 1130. The number of rotatable bonds is 10. The van der Waals surface area contributed by atoms with Gasteiger partial charge in [0.1, 0.15) is 19.0 Å². The molecule has 0 aromatic heterocycles. The molecule has 0 unspecified atom stereocenters. The summed E-state index contributed by atoms with van der Waals surface area (Å²) in [5.41, 5.74) is 10.4. The molecule has 0 saturated carbocycles. The Morgan fingerprint density at radius 3 is 2.35 bits per heavy atom. The van der Waals surface area contributed by atoms with E-state index in [-0.39, 0.29) is 25.7 Å². The van der Waals surface area contributed by atoms with E-state index in [9.17, 15) is 18.0 Å². The molecule has 0 heterocycles. The van der Waals surface area contributed by atoms with E-state index in [0.717, 1.165) is 16.7 Å². The van der Waals surface area contributed by atoms with E-state index in [1.54, 1.807) is 36.4 Å². The summed E-state index contributed by atoms with van der Waals surface area (Å²) in [6.45, 7) is 0.410. The first-order valence-electron chi connectivity index (χ1n) is 10.7. The predicted molar refractivity (Wildman–Crippen MR) is 122 cm³/mol. The summed E-state index contributed by atoms with van der Waals surface area (Å²) in [6, 6.07) is 19.7. The standard InChI is InChI=1S/C26H26F3NO4/c1-17(30)20-6-4-7-21(12-20)23-10-18(14-33-16-26(27,28)29)9-19(11-23)15-34-24-8-3-2-5-22(24)13-25(31)32/h2-12,17H,13-16,30H2,1H3,(H,31,32)/t17-/m1/s1. The molecule has 0 spiro atoms. The summed E-state index contributed by atoms with van der Waals surface area (Å²) in [6.07, 6.45) is -4.60. The lowest BCUT2D eigenvalue weighted by atomic mass is 9.97. The average Bonchev–Trinajstić information content (AvgIpc) is 2.77. The topological polar surface area (TPSA) is 81.8 Å². The molecule has 1 atom stereocenters. The second-order valence-corrected chi connectivity index (χ2v) is 8.03. The van der Waals surface area contributed by atoms with Gasteiger partial charge in [0.2, 0.25) is 0 Å². The van der Waals surface area contributed by atoms with Gasteiger partial charge in [-0.3, -0.25) is 4.79 Å². The Balaban J connectivity index is 1.88. The van der Waals surface area contributed by atoms with Gasteiger partial charge in [-0.15, -0.1) is 0 Å². The Labute approximate surface area is 195 Å². The summed E-state index contributed by atoms with van der Waals surface area (Å²) in [4.78, 5) is 11.1. The second kappa shape index (κ2) is 11.2. The third-order valence-corrected chi connectivity index (χ3v) is 5.04. The molecule has 3 aromatic rings. The molecule has 0 bridgehead atoms. The van der Waals surface area contributed by atoms with Crippen LogP contribution in [0.4, 0.5) is 13.2 Å². The first-order chi connectivity index (χ1) is 16.1. The molecule has 3 N–H and O–H groups in total. The van der Waals surface area contributed by atoms with Crippen molar-refractivity contribution in [1.29, 1.82) is 0 Å². The van der Waals surface area contributed by atoms with Crippen molar-refractivity contribution in [2.24, 2.45) is 5.73 Å². The summed E-state index contributed by atoms with van der Waals surface area (Å²) < 4.78 is 48.4. The molecule has 180 valence electrons. The first kappa shape index (κ1) is 25.3. The molecule has 0 aliphatic heterocycles. The van der Waals surface area contributed by atoms with Crippen molar-refractivity contribution in [3.63, 3.8) is 0 Å². The van der Waals surface area contributed by atoms with E-state index < -0.39 is 18.8 Å². The molecular formula is C26H26F3NO4. The summed E-state index contributed by atoms with van der Waals surface area (Å²) in [7, 11) is 0. The second-order valence-electron chi connectivity index (χ2n) is 8.03. The number of ether oxygens (including phenoxy) is 2. The molecule has 3 aromatic carbocycles. The fourth-order valence-corrected chi connectivity index (χ4v) is 3.50. The highest BCUT2D eigenvalue weighted by molar-refractivity contribution is 5.71. The lowest BCUT2D eigenvalue weighted by Crippen LogP contribution is -2.16. The van der Waals surface area contributed by atoms with Crippen LogP contribution in [-0.4, -0.2) is 23.9 Å². The lowest BCUT2D eigenvalue weighted by molar-refractivity contribution is -0.176. The number of benzene rings is 3. The molecule has 0 aliphatic carbocycles. The van der Waals surface area contributed by atoms with Crippen molar-refractivity contribution in [2.45, 2.75) is 38.8 Å². The minimum Gasteiger partial charge on any atom is -0.489 e. The van der Waals surface area contributed by atoms with E-state index >= 15 is 0 Å². The van der Waals surface area contributed by atoms with Crippen molar-refractivity contribution in [1.82, 2.24) is 0 Å². The largest absolute Gasteiger partial charge is 0.489 e. The molecule has 3 rings (SSSR count). The highest BCUT2D eigenvalue weighted by atomic mass is 19.4. The van der Waals surface area contributed by atoms with Crippen LogP contribution in [0.15, 0.2) is 66.7 Å². The molecule has 5 nitrogen and oxygen atoms in total. The quantitative estimate of drug-likeness (QED) is 0.397. The molecule has 0 fully saturated rings. The van der Waals surface area contributed by atoms with Gasteiger partial charge in [-0.25, -0.2) is 0 Å². The first-order valence-corrected chi connectivity index (χ1v) is 10.7. The van der Waals surface area contributed by atoms with Crippen LogP contribution in [0.3, 0.4) is 0 Å². The number of aliphatic carboxylic acids is 1. The fourth-order valence-electron chi connectivity index (χ4n) is 3.50. The van der Waals surface area contributed by atoms with Crippen LogP contribution in [0, 0.1) is 0 Å². The maximum absolute atomic E-state index is 12.5. The van der Waals surface area contributed by atoms with Crippen LogP contribution in [0.5, 0.6) is 5.75 Å². The predicted octanol–water partition coefficient (Wildman–Crippen LogP) is 5.66. The van der Waals surface area contributed by atoms with Crippen LogP contribution >= 0.6 is 0 Å². The van der Waals surface area contributed by atoms with Gasteiger partial charge < -0.3 is 20.3 Å². The van der Waals surface area contributed by atoms with E-state index in [0.29, 0.717) is 22.4 Å². The van der Waals surface area contributed by atoms with Crippen molar-refractivity contribution < 1.29 is 32.5 Å². The molecule has 0 radical (unpaired) electrons. The average molecular weight is 473 g/mol. The number of hydrogen-bond acceptors (Lipinski definition) is 4. The third kappa shape index (κ3) is 7.60. The van der Waals surface area contributed by atoms with Crippen LogP contribution < -0.4 is 10.5 Å². The molecular weight excluding hydrogens is 447 g/mol. The number of halogens is 3. The van der Waals surface area contributed by atoms with Gasteiger partial charge in [0.25, 0.3) is 0 Å². The van der Waals surface area contributed by atoms with Gasteiger partial charge in [-0.2, -0.15) is 13.2 Å². The normalized spacial score (nSPS) is 12.4. The van der Waals surface area contributed by atoms with Crippen molar-refractivity contribution in [3.8, 4) is 16.9 Å². The number of alkyl halides is 3. The van der Waals surface area contributed by atoms with E-state index in [2.05, 4.69) is 0 Å². The zero-order valence-electron chi connectivity index (χ0n) is 18.6. The van der Waals surface area contributed by atoms with Crippen molar-refractivity contribution in [3.05, 3.63) is 89.0 Å². The fraction of sp³-hybridized carbons (Fsp3) is 0.269. The molecule has 0 saturated heterocycles. The van der Waals surface area contributed by atoms with Gasteiger partial charge in [0, 0.05) is 11.6 Å². The summed E-state index contributed by atoms with van der Waals surface area (Å²) >= 11 is 0. The van der Waals surface area contributed by atoms with Crippen LogP contribution in [0.25, 0.3) is 11.1 Å².